The van der Waals surface area contributed by atoms with Crippen LogP contribution in [0.2, 0.25) is 0 Å². The number of aromatic nitrogens is 1. The van der Waals surface area contributed by atoms with E-state index in [4.69, 9.17) is 0 Å². The second-order valence-corrected chi connectivity index (χ2v) is 9.27. The first kappa shape index (κ1) is 18.2. The van der Waals surface area contributed by atoms with Crippen molar-refractivity contribution in [2.24, 2.45) is 0 Å². The Kier molecular flexibility index (Phi) is 3.97. The van der Waals surface area contributed by atoms with Gasteiger partial charge in [-0.2, -0.15) is 0 Å². The van der Waals surface area contributed by atoms with Crippen molar-refractivity contribution in [1.82, 2.24) is 0 Å². The predicted octanol–water partition coefficient (Wildman–Crippen LogP) is 5.38. The summed E-state index contributed by atoms with van der Waals surface area (Å²) in [5, 5.41) is 2.11. The highest BCUT2D eigenvalue weighted by atomic mass is 32.2. The zero-order chi connectivity index (χ0) is 20.3. The molecule has 0 bridgehead atoms. The van der Waals surface area contributed by atoms with E-state index in [0.29, 0.717) is 0 Å². The van der Waals surface area contributed by atoms with Crippen LogP contribution in [0.25, 0.3) is 10.9 Å². The number of carbonyl (C=O) groups is 1. The second kappa shape index (κ2) is 6.33. The molecular formula is C25H23N2OS+. The zero-order valence-electron chi connectivity index (χ0n) is 17.1. The summed E-state index contributed by atoms with van der Waals surface area (Å²) in [6.07, 6.45) is 4.10. The molecule has 0 N–H and O–H groups in total. The number of para-hydroxylation sites is 2. The molecule has 1 aromatic heterocycles. The fraction of sp³-hybridized carbons (Fsp3) is 0.200. The third-order valence-corrected chi connectivity index (χ3v) is 7.13. The van der Waals surface area contributed by atoms with E-state index in [1.165, 1.54) is 22.5 Å². The molecular weight excluding hydrogens is 376 g/mol. The van der Waals surface area contributed by atoms with Crippen LogP contribution in [0.5, 0.6) is 0 Å². The van der Waals surface area contributed by atoms with Crippen molar-refractivity contribution in [3.63, 3.8) is 0 Å². The van der Waals surface area contributed by atoms with Gasteiger partial charge in [0.2, 0.25) is 5.52 Å². The average Bonchev–Trinajstić information content (AvgIpc) is 3.12. The van der Waals surface area contributed by atoms with E-state index in [9.17, 15) is 4.79 Å². The van der Waals surface area contributed by atoms with Crippen LogP contribution >= 0.6 is 11.8 Å². The monoisotopic (exact) mass is 399 g/mol. The van der Waals surface area contributed by atoms with Gasteiger partial charge < -0.3 is 4.90 Å². The normalized spacial score (nSPS) is 20.0. The van der Waals surface area contributed by atoms with Crippen LogP contribution < -0.4 is 9.47 Å². The maximum atomic E-state index is 13.2. The van der Waals surface area contributed by atoms with E-state index < -0.39 is 0 Å². The molecule has 0 saturated carbocycles. The second-order valence-electron chi connectivity index (χ2n) is 8.21. The van der Waals surface area contributed by atoms with Crippen LogP contribution in [-0.2, 0) is 5.41 Å². The lowest BCUT2D eigenvalue weighted by atomic mass is 9.84. The molecule has 0 radical (unpaired) electrons. The number of carbonyl (C=O) groups excluding carboxylic acids is 1. The molecule has 0 saturated heterocycles. The van der Waals surface area contributed by atoms with Gasteiger partial charge in [-0.05, 0) is 54.1 Å². The quantitative estimate of drug-likeness (QED) is 0.406. The van der Waals surface area contributed by atoms with Crippen molar-refractivity contribution in [3.05, 3.63) is 88.5 Å². The average molecular weight is 400 g/mol. The number of anilines is 1. The highest BCUT2D eigenvalue weighted by molar-refractivity contribution is 8.04. The number of thioether (sulfide) groups is 1. The summed E-state index contributed by atoms with van der Waals surface area (Å²) in [4.78, 5) is 16.2. The SMILES string of the molecule is Cc1cc2[n+](c3ccccc13)C(=O)/C(=C\C=C1/N(C)c3ccccc3C1(C)C)S2. The third kappa shape index (κ3) is 2.59. The molecule has 4 heteroatoms. The number of rotatable bonds is 1. The molecule has 0 aliphatic carbocycles. The number of hydrogen-bond acceptors (Lipinski definition) is 3. The van der Waals surface area contributed by atoms with Crippen molar-refractivity contribution < 1.29 is 9.36 Å². The van der Waals surface area contributed by atoms with Gasteiger partial charge in [0.25, 0.3) is 5.03 Å². The number of aryl methyl sites for hydroxylation is 1. The minimum Gasteiger partial charge on any atom is -0.347 e. The predicted molar refractivity (Wildman–Crippen MR) is 119 cm³/mol. The van der Waals surface area contributed by atoms with Gasteiger partial charge in [-0.25, -0.2) is 4.79 Å². The van der Waals surface area contributed by atoms with Crippen molar-refractivity contribution in [2.45, 2.75) is 31.2 Å². The molecule has 0 atom stereocenters. The lowest BCUT2D eigenvalue weighted by Gasteiger charge is -2.23. The molecule has 5 rings (SSSR count). The van der Waals surface area contributed by atoms with Gasteiger partial charge in [0, 0.05) is 41.4 Å². The van der Waals surface area contributed by atoms with Crippen molar-refractivity contribution in [1.29, 1.82) is 0 Å². The Morgan fingerprint density at radius 1 is 1.03 bits per heavy atom. The van der Waals surface area contributed by atoms with Gasteiger partial charge in [0.05, 0.1) is 0 Å². The van der Waals surface area contributed by atoms with Gasteiger partial charge in [0.1, 0.15) is 4.91 Å². The fourth-order valence-electron chi connectivity index (χ4n) is 4.56. The smallest absolute Gasteiger partial charge is 0.347 e. The zero-order valence-corrected chi connectivity index (χ0v) is 17.9. The number of likely N-dealkylation sites (N-methyl/N-ethyl adjacent to an activating group) is 1. The Morgan fingerprint density at radius 3 is 2.55 bits per heavy atom. The lowest BCUT2D eigenvalue weighted by Crippen LogP contribution is -2.41. The van der Waals surface area contributed by atoms with Gasteiger partial charge in [-0.3, -0.25) is 0 Å². The van der Waals surface area contributed by atoms with Crippen molar-refractivity contribution in [3.8, 4) is 0 Å². The highest BCUT2D eigenvalue weighted by Gasteiger charge is 2.40. The van der Waals surface area contributed by atoms with E-state index in [1.54, 1.807) is 11.8 Å². The molecule has 2 aromatic carbocycles. The van der Waals surface area contributed by atoms with E-state index in [-0.39, 0.29) is 11.3 Å². The Bertz CT molecular complexity index is 1250. The summed E-state index contributed by atoms with van der Waals surface area (Å²) in [6, 6.07) is 18.7. The Labute approximate surface area is 175 Å². The Balaban J connectivity index is 1.58. The first-order chi connectivity index (χ1) is 13.9. The number of nitrogens with zero attached hydrogens (tertiary/aromatic N) is 2. The Morgan fingerprint density at radius 2 is 1.76 bits per heavy atom. The summed E-state index contributed by atoms with van der Waals surface area (Å²) >= 11 is 1.55. The van der Waals surface area contributed by atoms with Gasteiger partial charge in [0.15, 0.2) is 0 Å². The minimum absolute atomic E-state index is 0.0500. The molecule has 2 aliphatic heterocycles. The van der Waals surface area contributed by atoms with Gasteiger partial charge in [-0.15, -0.1) is 4.57 Å². The minimum atomic E-state index is -0.0992. The van der Waals surface area contributed by atoms with E-state index in [2.05, 4.69) is 75.2 Å². The van der Waals surface area contributed by atoms with Crippen LogP contribution in [-0.4, -0.2) is 13.0 Å². The standard InChI is InChI=1S/C25H23N2OS/c1-16-15-23-27(19-11-7-5-9-17(16)19)24(28)21(29-23)13-14-22-25(2,3)18-10-6-8-12-20(18)26(22)4/h5-15H,1-4H3/q+1/b21-13+,22-14-. The molecule has 0 spiro atoms. The molecule has 29 heavy (non-hydrogen) atoms. The van der Waals surface area contributed by atoms with Gasteiger partial charge >= 0.3 is 5.91 Å². The molecule has 0 fully saturated rings. The van der Waals surface area contributed by atoms with Crippen LogP contribution in [0.15, 0.2) is 82.4 Å². The summed E-state index contributed by atoms with van der Waals surface area (Å²) < 4.78 is 1.84. The molecule has 0 amide bonds. The van der Waals surface area contributed by atoms with E-state index in [0.717, 1.165) is 20.8 Å². The maximum Gasteiger partial charge on any atom is 0.433 e. The van der Waals surface area contributed by atoms with Crippen LogP contribution in [0.3, 0.4) is 0 Å². The number of pyridine rings is 1. The topological polar surface area (TPSA) is 24.2 Å². The lowest BCUT2D eigenvalue weighted by molar-refractivity contribution is -0.580. The van der Waals surface area contributed by atoms with E-state index >= 15 is 0 Å². The fourth-order valence-corrected chi connectivity index (χ4v) is 5.61. The van der Waals surface area contributed by atoms with Crippen LogP contribution in [0.4, 0.5) is 5.69 Å². The molecule has 3 aromatic rings. The highest BCUT2D eigenvalue weighted by Crippen LogP contribution is 2.46. The first-order valence-electron chi connectivity index (χ1n) is 9.82. The number of benzene rings is 2. The summed E-state index contributed by atoms with van der Waals surface area (Å²) in [5.41, 5.74) is 5.81. The van der Waals surface area contributed by atoms with Gasteiger partial charge in [-0.1, -0.05) is 44.2 Å². The Hall–Kier alpha value is -2.85. The van der Waals surface area contributed by atoms with E-state index in [1.807, 2.05) is 28.8 Å². The maximum absolute atomic E-state index is 13.2. The molecule has 0 unspecified atom stereocenters. The summed E-state index contributed by atoms with van der Waals surface area (Å²) in [7, 11) is 2.10. The van der Waals surface area contributed by atoms with Crippen LogP contribution in [0, 0.1) is 6.92 Å². The van der Waals surface area contributed by atoms with Crippen molar-refractivity contribution >= 4 is 34.3 Å². The van der Waals surface area contributed by atoms with Crippen molar-refractivity contribution in [2.75, 3.05) is 11.9 Å². The number of fused-ring (bicyclic) bond motifs is 4. The molecule has 3 heterocycles. The number of hydrogen-bond donors (Lipinski definition) is 0. The first-order valence-corrected chi connectivity index (χ1v) is 10.6. The molecule has 2 aliphatic rings. The summed E-state index contributed by atoms with van der Waals surface area (Å²) in [6.45, 7) is 6.58. The molecule has 144 valence electrons. The van der Waals surface area contributed by atoms with Crippen LogP contribution in [0.1, 0.15) is 29.8 Å². The summed E-state index contributed by atoms with van der Waals surface area (Å²) in [5.74, 6) is 0.0500. The number of allylic oxidation sites excluding steroid dienone is 4. The largest absolute Gasteiger partial charge is 0.433 e. The molecule has 3 nitrogen and oxygen atoms in total. The third-order valence-electron chi connectivity index (χ3n) is 6.09.